The fourth-order valence-corrected chi connectivity index (χ4v) is 4.81. The highest BCUT2D eigenvalue weighted by molar-refractivity contribution is 6.00. The Balaban J connectivity index is 1.73. The Hall–Kier alpha value is -3.07. The first-order valence-electron chi connectivity index (χ1n) is 11.5. The molecule has 0 saturated carbocycles. The van der Waals surface area contributed by atoms with Gasteiger partial charge in [0.1, 0.15) is 5.92 Å². The molecule has 2 aliphatic heterocycles. The van der Waals surface area contributed by atoms with E-state index in [1.165, 1.54) is 10.1 Å². The number of hydrogen-bond acceptors (Lipinski definition) is 7. The van der Waals surface area contributed by atoms with E-state index in [-0.39, 0.29) is 18.9 Å². The number of rotatable bonds is 6. The Morgan fingerprint density at radius 2 is 1.68 bits per heavy atom. The van der Waals surface area contributed by atoms with Crippen LogP contribution in [-0.4, -0.2) is 58.2 Å². The number of carbonyl (C=O) groups excluding carboxylic acids is 3. The smallest absolute Gasteiger partial charge is 0.338 e. The van der Waals surface area contributed by atoms with Crippen molar-refractivity contribution >= 4 is 17.8 Å². The lowest BCUT2D eigenvalue weighted by Crippen LogP contribution is -2.53. The van der Waals surface area contributed by atoms with Gasteiger partial charge in [0.2, 0.25) is 5.91 Å². The van der Waals surface area contributed by atoms with E-state index in [1.54, 1.807) is 19.0 Å². The molecule has 0 bridgehead atoms. The SMILES string of the molecule is CCOC(=O)[C@@H]1ON(C)[C@@H](c2ccccc2)[C@H]1C(=O)N1C(=O)CC(C)(C)N1Cc1ccccc1. The summed E-state index contributed by atoms with van der Waals surface area (Å²) in [6.45, 7) is 6.13. The predicted molar refractivity (Wildman–Crippen MR) is 124 cm³/mol. The largest absolute Gasteiger partial charge is 0.464 e. The first kappa shape index (κ1) is 24.1. The maximum Gasteiger partial charge on any atom is 0.338 e. The van der Waals surface area contributed by atoms with E-state index < -0.39 is 35.5 Å². The van der Waals surface area contributed by atoms with Crippen molar-refractivity contribution in [2.45, 2.75) is 51.4 Å². The van der Waals surface area contributed by atoms with E-state index in [1.807, 2.05) is 74.5 Å². The maximum absolute atomic E-state index is 14.1. The van der Waals surface area contributed by atoms with Gasteiger partial charge in [0.25, 0.3) is 5.91 Å². The number of imide groups is 1. The minimum absolute atomic E-state index is 0.162. The molecule has 2 aliphatic rings. The summed E-state index contributed by atoms with van der Waals surface area (Å²) in [5.41, 5.74) is 1.22. The highest BCUT2D eigenvalue weighted by atomic mass is 16.7. The van der Waals surface area contributed by atoms with Crippen LogP contribution in [0, 0.1) is 5.92 Å². The molecule has 8 nitrogen and oxygen atoms in total. The van der Waals surface area contributed by atoms with E-state index in [4.69, 9.17) is 9.57 Å². The zero-order valence-corrected chi connectivity index (χ0v) is 20.0. The first-order valence-corrected chi connectivity index (χ1v) is 11.5. The number of amides is 2. The average Bonchev–Trinajstić information content (AvgIpc) is 3.27. The van der Waals surface area contributed by atoms with Gasteiger partial charge in [0.15, 0.2) is 6.10 Å². The van der Waals surface area contributed by atoms with Gasteiger partial charge in [-0.25, -0.2) is 14.8 Å². The lowest BCUT2D eigenvalue weighted by Gasteiger charge is -2.37. The molecule has 180 valence electrons. The Bertz CT molecular complexity index is 1040. The third kappa shape index (κ3) is 4.49. The maximum atomic E-state index is 14.1. The summed E-state index contributed by atoms with van der Waals surface area (Å²) in [5, 5.41) is 4.55. The summed E-state index contributed by atoms with van der Waals surface area (Å²) in [6, 6.07) is 18.5. The van der Waals surface area contributed by atoms with Crippen LogP contribution in [-0.2, 0) is 30.5 Å². The highest BCUT2D eigenvalue weighted by Gasteiger charge is 2.56. The van der Waals surface area contributed by atoms with Gasteiger partial charge < -0.3 is 4.74 Å². The van der Waals surface area contributed by atoms with Crippen molar-refractivity contribution in [2.24, 2.45) is 5.92 Å². The molecule has 3 atom stereocenters. The second kappa shape index (κ2) is 9.66. The van der Waals surface area contributed by atoms with Gasteiger partial charge in [-0.3, -0.25) is 14.4 Å². The second-order valence-electron chi connectivity index (χ2n) is 9.28. The van der Waals surface area contributed by atoms with Crippen LogP contribution >= 0.6 is 0 Å². The van der Waals surface area contributed by atoms with Crippen LogP contribution in [0.5, 0.6) is 0 Å². The molecule has 2 fully saturated rings. The summed E-state index contributed by atoms with van der Waals surface area (Å²) >= 11 is 0. The van der Waals surface area contributed by atoms with Crippen LogP contribution in [0.15, 0.2) is 60.7 Å². The number of hydrazine groups is 1. The Morgan fingerprint density at radius 3 is 2.29 bits per heavy atom. The molecule has 0 spiro atoms. The summed E-state index contributed by atoms with van der Waals surface area (Å²) in [7, 11) is 1.69. The van der Waals surface area contributed by atoms with Crippen LogP contribution < -0.4 is 0 Å². The van der Waals surface area contributed by atoms with Gasteiger partial charge in [0.05, 0.1) is 12.6 Å². The fourth-order valence-electron chi connectivity index (χ4n) is 4.81. The molecule has 0 N–H and O–H groups in total. The third-order valence-electron chi connectivity index (χ3n) is 6.43. The van der Waals surface area contributed by atoms with Gasteiger partial charge in [-0.1, -0.05) is 60.7 Å². The minimum atomic E-state index is -1.15. The van der Waals surface area contributed by atoms with Gasteiger partial charge >= 0.3 is 5.97 Å². The quantitative estimate of drug-likeness (QED) is 0.479. The molecular weight excluding hydrogens is 434 g/mol. The monoisotopic (exact) mass is 465 g/mol. The fraction of sp³-hybridized carbons (Fsp3) is 0.423. The van der Waals surface area contributed by atoms with Crippen LogP contribution in [0.4, 0.5) is 0 Å². The molecule has 2 heterocycles. The molecule has 0 aromatic heterocycles. The van der Waals surface area contributed by atoms with E-state index in [0.29, 0.717) is 6.54 Å². The summed E-state index contributed by atoms with van der Waals surface area (Å²) in [5.74, 6) is -2.34. The van der Waals surface area contributed by atoms with Crippen molar-refractivity contribution in [3.05, 3.63) is 71.8 Å². The van der Waals surface area contributed by atoms with E-state index in [2.05, 4.69) is 0 Å². The number of esters is 1. The molecule has 34 heavy (non-hydrogen) atoms. The molecule has 0 aliphatic carbocycles. The lowest BCUT2D eigenvalue weighted by molar-refractivity contribution is -0.185. The Labute approximate surface area is 200 Å². The van der Waals surface area contributed by atoms with Gasteiger partial charge in [-0.05, 0) is 31.9 Å². The van der Waals surface area contributed by atoms with Gasteiger partial charge in [-0.2, -0.15) is 5.06 Å². The summed E-state index contributed by atoms with van der Waals surface area (Å²) in [6.07, 6.45) is -0.965. The number of nitrogens with zero attached hydrogens (tertiary/aromatic N) is 3. The minimum Gasteiger partial charge on any atom is -0.464 e. The standard InChI is InChI=1S/C26H31N3O5/c1-5-33-25(32)23-21(22(27(4)34-23)19-14-10-7-11-15-19)24(31)29-20(30)16-26(2,3)28(29)17-18-12-8-6-9-13-18/h6-15,21-23H,5,16-17H2,1-4H3/t21-,22+,23-/m1/s1. The van der Waals surface area contributed by atoms with E-state index in [0.717, 1.165) is 11.1 Å². The van der Waals surface area contributed by atoms with Crippen LogP contribution in [0.3, 0.4) is 0 Å². The zero-order chi connectivity index (χ0) is 24.5. The third-order valence-corrected chi connectivity index (χ3v) is 6.43. The molecule has 2 aromatic carbocycles. The number of ether oxygens (including phenoxy) is 1. The molecule has 2 amide bonds. The molecule has 4 rings (SSSR count). The molecular formula is C26H31N3O5. The van der Waals surface area contributed by atoms with Crippen LogP contribution in [0.1, 0.15) is 44.4 Å². The Kier molecular flexibility index (Phi) is 6.84. The summed E-state index contributed by atoms with van der Waals surface area (Å²) in [4.78, 5) is 46.0. The zero-order valence-electron chi connectivity index (χ0n) is 20.0. The van der Waals surface area contributed by atoms with Crippen molar-refractivity contribution in [3.8, 4) is 0 Å². The molecule has 0 radical (unpaired) electrons. The average molecular weight is 466 g/mol. The van der Waals surface area contributed by atoms with Gasteiger partial charge in [0, 0.05) is 25.6 Å². The number of hydrogen-bond donors (Lipinski definition) is 0. The number of carbonyl (C=O) groups is 3. The molecule has 2 aromatic rings. The Morgan fingerprint density at radius 1 is 1.06 bits per heavy atom. The van der Waals surface area contributed by atoms with Crippen molar-refractivity contribution in [1.82, 2.24) is 15.1 Å². The lowest BCUT2D eigenvalue weighted by atomic mass is 9.88. The topological polar surface area (TPSA) is 79.4 Å². The number of hydroxylamine groups is 2. The molecule has 2 saturated heterocycles. The first-order chi connectivity index (χ1) is 16.2. The van der Waals surface area contributed by atoms with Crippen molar-refractivity contribution in [2.75, 3.05) is 13.7 Å². The molecule has 0 unspecified atom stereocenters. The van der Waals surface area contributed by atoms with Crippen molar-refractivity contribution in [3.63, 3.8) is 0 Å². The van der Waals surface area contributed by atoms with Crippen molar-refractivity contribution in [1.29, 1.82) is 0 Å². The van der Waals surface area contributed by atoms with Crippen LogP contribution in [0.2, 0.25) is 0 Å². The van der Waals surface area contributed by atoms with E-state index >= 15 is 0 Å². The predicted octanol–water partition coefficient (Wildman–Crippen LogP) is 3.11. The van der Waals surface area contributed by atoms with Gasteiger partial charge in [-0.15, -0.1) is 0 Å². The summed E-state index contributed by atoms with van der Waals surface area (Å²) < 4.78 is 5.23. The number of benzene rings is 2. The van der Waals surface area contributed by atoms with Crippen molar-refractivity contribution < 1.29 is 24.0 Å². The highest BCUT2D eigenvalue weighted by Crippen LogP contribution is 2.42. The second-order valence-corrected chi connectivity index (χ2v) is 9.28. The van der Waals surface area contributed by atoms with Crippen LogP contribution in [0.25, 0.3) is 0 Å². The normalized spacial score (nSPS) is 25.0. The molecule has 8 heteroatoms. The van der Waals surface area contributed by atoms with E-state index in [9.17, 15) is 14.4 Å².